The zero-order valence-corrected chi connectivity index (χ0v) is 14.2. The number of nitrogens with one attached hydrogen (secondary N) is 2. The maximum Gasteiger partial charge on any atom is 0.255 e. The summed E-state index contributed by atoms with van der Waals surface area (Å²) in [5, 5.41) is 2.89. The number of nitrogens with two attached hydrogens (primary N) is 1. The van der Waals surface area contributed by atoms with Crippen molar-refractivity contribution in [1.29, 1.82) is 0 Å². The summed E-state index contributed by atoms with van der Waals surface area (Å²) in [4.78, 5) is 24.9. The molecule has 1 aliphatic heterocycles. The van der Waals surface area contributed by atoms with E-state index in [2.05, 4.69) is 5.32 Å². The molecule has 0 saturated carbocycles. The molecule has 0 aromatic heterocycles. The molecule has 1 saturated heterocycles. The molecule has 0 radical (unpaired) electrons. The molecule has 25 heavy (non-hydrogen) atoms. The Kier molecular flexibility index (Phi) is 5.46. The number of piperidine rings is 1. The van der Waals surface area contributed by atoms with Crippen molar-refractivity contribution in [2.24, 2.45) is 11.7 Å². The van der Waals surface area contributed by atoms with E-state index in [1.54, 1.807) is 0 Å². The summed E-state index contributed by atoms with van der Waals surface area (Å²) in [7, 11) is 0. The lowest BCUT2D eigenvalue weighted by Crippen LogP contribution is -3.11. The Labute approximate surface area is 147 Å². The second-order valence-corrected chi connectivity index (χ2v) is 6.62. The predicted octanol–water partition coefficient (Wildman–Crippen LogP) is 1.22. The van der Waals surface area contributed by atoms with Gasteiger partial charge >= 0.3 is 0 Å². The number of rotatable bonds is 5. The van der Waals surface area contributed by atoms with Gasteiger partial charge in [-0.15, -0.1) is 0 Å². The van der Waals surface area contributed by atoms with Crippen molar-refractivity contribution >= 4 is 17.5 Å². The van der Waals surface area contributed by atoms with E-state index in [0.717, 1.165) is 38.2 Å². The molecule has 3 rings (SSSR count). The van der Waals surface area contributed by atoms with Crippen LogP contribution in [0.4, 0.5) is 5.69 Å². The van der Waals surface area contributed by atoms with Crippen LogP contribution in [0.1, 0.15) is 28.8 Å². The summed E-state index contributed by atoms with van der Waals surface area (Å²) in [5.41, 5.74) is 8.02. The lowest BCUT2D eigenvalue weighted by atomic mass is 9.96. The number of amides is 2. The Balaban J connectivity index is 1.54. The third-order valence-corrected chi connectivity index (χ3v) is 4.80. The highest BCUT2D eigenvalue weighted by atomic mass is 16.2. The van der Waals surface area contributed by atoms with E-state index in [1.165, 1.54) is 10.5 Å². The van der Waals surface area contributed by atoms with Crippen LogP contribution in [0.2, 0.25) is 0 Å². The van der Waals surface area contributed by atoms with Crippen molar-refractivity contribution < 1.29 is 14.5 Å². The molecule has 0 aliphatic carbocycles. The highest BCUT2D eigenvalue weighted by molar-refractivity contribution is 6.04. The number of carbonyl (C=O) groups excluding carboxylic acids is 2. The van der Waals surface area contributed by atoms with Gasteiger partial charge in [0.2, 0.25) is 5.91 Å². The van der Waals surface area contributed by atoms with Gasteiger partial charge in [0.05, 0.1) is 13.1 Å². The molecule has 5 nitrogen and oxygen atoms in total. The summed E-state index contributed by atoms with van der Waals surface area (Å²) in [6.45, 7) is 2.83. The second kappa shape index (κ2) is 7.94. The summed E-state index contributed by atoms with van der Waals surface area (Å²) in [6, 6.07) is 17.2. The molecular formula is C20H24N3O2+. The van der Waals surface area contributed by atoms with Gasteiger partial charge in [-0.2, -0.15) is 0 Å². The molecule has 0 bridgehead atoms. The van der Waals surface area contributed by atoms with Crippen molar-refractivity contribution in [2.75, 3.05) is 18.4 Å². The van der Waals surface area contributed by atoms with Crippen molar-refractivity contribution in [3.05, 3.63) is 65.7 Å². The van der Waals surface area contributed by atoms with E-state index < -0.39 is 0 Å². The van der Waals surface area contributed by atoms with Gasteiger partial charge in [0, 0.05) is 35.6 Å². The van der Waals surface area contributed by atoms with E-state index in [9.17, 15) is 9.59 Å². The van der Waals surface area contributed by atoms with Crippen LogP contribution in [0.25, 0.3) is 0 Å². The minimum atomic E-state index is -0.173. The number of anilines is 1. The molecule has 1 fully saturated rings. The van der Waals surface area contributed by atoms with Gasteiger partial charge in [-0.1, -0.05) is 30.3 Å². The van der Waals surface area contributed by atoms with E-state index >= 15 is 0 Å². The molecule has 130 valence electrons. The minimum absolute atomic E-state index is 0.0350. The Hall–Kier alpha value is -2.66. The van der Waals surface area contributed by atoms with Crippen LogP contribution in [0.3, 0.4) is 0 Å². The van der Waals surface area contributed by atoms with Crippen LogP contribution in [-0.4, -0.2) is 24.9 Å². The summed E-state index contributed by atoms with van der Waals surface area (Å²) in [6.07, 6.45) is 1.73. The molecule has 0 unspecified atom stereocenters. The van der Waals surface area contributed by atoms with Gasteiger partial charge in [-0.25, -0.2) is 0 Å². The molecule has 0 spiro atoms. The SMILES string of the molecule is NC(=O)C1CC[NH+](Cc2ccc(C(=O)Nc3ccccc3)cc2)CC1. The number of carbonyl (C=O) groups is 2. The highest BCUT2D eigenvalue weighted by Gasteiger charge is 2.25. The Bertz CT molecular complexity index is 720. The first-order chi connectivity index (χ1) is 12.1. The lowest BCUT2D eigenvalue weighted by Gasteiger charge is -2.27. The van der Waals surface area contributed by atoms with Gasteiger partial charge in [0.1, 0.15) is 6.54 Å². The first-order valence-corrected chi connectivity index (χ1v) is 8.70. The van der Waals surface area contributed by atoms with E-state index in [4.69, 9.17) is 5.73 Å². The predicted molar refractivity (Wildman–Crippen MR) is 97.2 cm³/mol. The van der Waals surface area contributed by atoms with Crippen LogP contribution >= 0.6 is 0 Å². The van der Waals surface area contributed by atoms with Gasteiger partial charge in [0.25, 0.3) is 5.91 Å². The zero-order chi connectivity index (χ0) is 17.6. The highest BCUT2D eigenvalue weighted by Crippen LogP contribution is 2.11. The molecule has 2 amide bonds. The molecule has 1 heterocycles. The summed E-state index contributed by atoms with van der Waals surface area (Å²) < 4.78 is 0. The van der Waals surface area contributed by atoms with Crippen molar-refractivity contribution in [1.82, 2.24) is 0 Å². The number of likely N-dealkylation sites (tertiary alicyclic amines) is 1. The average Bonchev–Trinajstić information content (AvgIpc) is 2.63. The molecule has 2 aromatic carbocycles. The van der Waals surface area contributed by atoms with E-state index in [0.29, 0.717) is 5.56 Å². The van der Waals surface area contributed by atoms with Gasteiger partial charge < -0.3 is 16.0 Å². The minimum Gasteiger partial charge on any atom is -0.369 e. The van der Waals surface area contributed by atoms with E-state index in [1.807, 2.05) is 54.6 Å². The Morgan fingerprint density at radius 1 is 1.00 bits per heavy atom. The molecule has 4 N–H and O–H groups in total. The lowest BCUT2D eigenvalue weighted by molar-refractivity contribution is -0.919. The van der Waals surface area contributed by atoms with Crippen LogP contribution < -0.4 is 16.0 Å². The maximum atomic E-state index is 12.3. The van der Waals surface area contributed by atoms with Crippen LogP contribution in [0, 0.1) is 5.92 Å². The number of quaternary nitrogens is 1. The zero-order valence-electron chi connectivity index (χ0n) is 14.2. The quantitative estimate of drug-likeness (QED) is 0.767. The second-order valence-electron chi connectivity index (χ2n) is 6.62. The van der Waals surface area contributed by atoms with Crippen LogP contribution in [0.15, 0.2) is 54.6 Å². The molecular weight excluding hydrogens is 314 g/mol. The fourth-order valence-electron chi connectivity index (χ4n) is 3.27. The first kappa shape index (κ1) is 17.2. The maximum absolute atomic E-state index is 12.3. The smallest absolute Gasteiger partial charge is 0.255 e. The molecule has 0 atom stereocenters. The normalized spacial score (nSPS) is 20.0. The number of benzene rings is 2. The first-order valence-electron chi connectivity index (χ1n) is 8.70. The van der Waals surface area contributed by atoms with Gasteiger partial charge in [-0.05, 0) is 24.3 Å². The van der Waals surface area contributed by atoms with Gasteiger partial charge in [-0.3, -0.25) is 9.59 Å². The van der Waals surface area contributed by atoms with Crippen LogP contribution in [0.5, 0.6) is 0 Å². The number of primary amides is 1. The van der Waals surface area contributed by atoms with Gasteiger partial charge in [0.15, 0.2) is 0 Å². The number of hydrogen-bond acceptors (Lipinski definition) is 2. The standard InChI is InChI=1S/C20H23N3O2/c21-19(24)16-10-12-23(13-11-16)14-15-6-8-17(9-7-15)20(25)22-18-4-2-1-3-5-18/h1-9,16H,10-14H2,(H2,21,24)(H,22,25)/p+1. The Morgan fingerprint density at radius 3 is 2.24 bits per heavy atom. The molecule has 5 heteroatoms. The average molecular weight is 338 g/mol. The summed E-state index contributed by atoms with van der Waals surface area (Å²) in [5.74, 6) is -0.243. The number of hydrogen-bond donors (Lipinski definition) is 3. The summed E-state index contributed by atoms with van der Waals surface area (Å²) >= 11 is 0. The fourth-order valence-corrected chi connectivity index (χ4v) is 3.27. The van der Waals surface area contributed by atoms with Crippen LogP contribution in [-0.2, 0) is 11.3 Å². The monoisotopic (exact) mass is 338 g/mol. The topological polar surface area (TPSA) is 76.6 Å². The van der Waals surface area contributed by atoms with Crippen molar-refractivity contribution in [3.8, 4) is 0 Å². The number of para-hydroxylation sites is 1. The third-order valence-electron chi connectivity index (χ3n) is 4.80. The van der Waals surface area contributed by atoms with E-state index in [-0.39, 0.29) is 17.7 Å². The van der Waals surface area contributed by atoms with Crippen molar-refractivity contribution in [3.63, 3.8) is 0 Å². The Morgan fingerprint density at radius 2 is 1.64 bits per heavy atom. The molecule has 2 aromatic rings. The largest absolute Gasteiger partial charge is 0.369 e. The fraction of sp³-hybridized carbons (Fsp3) is 0.300. The molecule has 1 aliphatic rings. The third kappa shape index (κ3) is 4.67. The van der Waals surface area contributed by atoms with Crippen molar-refractivity contribution in [2.45, 2.75) is 19.4 Å².